The predicted molar refractivity (Wildman–Crippen MR) is 30.0 cm³/mol. The molecule has 0 atom stereocenters. The summed E-state index contributed by atoms with van der Waals surface area (Å²) in [6.07, 6.45) is 0. The minimum absolute atomic E-state index is 0.169. The van der Waals surface area contributed by atoms with E-state index in [1.165, 1.54) is 24.3 Å². The van der Waals surface area contributed by atoms with E-state index < -0.39 is 0 Å². The average molecular weight is 104 g/mol. The van der Waals surface area contributed by atoms with Gasteiger partial charge in [0.2, 0.25) is 0 Å². The monoisotopic (exact) mass is 104 g/mol. The van der Waals surface area contributed by atoms with E-state index in [1.807, 2.05) is 0 Å². The van der Waals surface area contributed by atoms with Crippen LogP contribution in [0, 0.1) is 0 Å². The molecule has 8 heavy (non-hydrogen) atoms. The normalized spacial score (nSPS) is 9.00. The van der Waals surface area contributed by atoms with Gasteiger partial charge in [0.1, 0.15) is 0 Å². The Hall–Kier alpha value is -1.18. The predicted octanol–water partition coefficient (Wildman–Crippen LogP) is 1.09. The summed E-state index contributed by atoms with van der Waals surface area (Å²) in [5.41, 5.74) is 17.6. The first-order chi connectivity index (χ1) is 3.79. The molecule has 1 aromatic carbocycles. The molecule has 0 aliphatic rings. The molecule has 0 aliphatic carbocycles. The maximum atomic E-state index is 8.65. The van der Waals surface area contributed by atoms with Crippen molar-refractivity contribution in [3.63, 3.8) is 0 Å². The molecule has 0 bridgehead atoms. The first kappa shape index (κ1) is 4.97. The second-order valence-electron chi connectivity index (χ2n) is 1.52. The van der Waals surface area contributed by atoms with Crippen LogP contribution in [0.25, 0.3) is 0 Å². The topological polar surface area (TPSA) is 44.6 Å². The minimum atomic E-state index is 0.169. The first-order valence-electron chi connectivity index (χ1n) is 2.27. The molecule has 0 spiro atoms. The van der Waals surface area contributed by atoms with E-state index in [9.17, 15) is 0 Å². The van der Waals surface area contributed by atoms with Gasteiger partial charge < -0.3 is 0 Å². The average Bonchev–Trinajstić information content (AvgIpc) is 1.77. The highest BCUT2D eigenvalue weighted by atomic mass is 14.6. The summed E-state index contributed by atoms with van der Waals surface area (Å²) >= 11 is 0. The molecule has 2 heteroatoms. The van der Waals surface area contributed by atoms with Crippen LogP contribution in [-0.2, 0) is 0 Å². The number of benzene rings is 1. The Morgan fingerprint density at radius 3 is 1.25 bits per heavy atom. The van der Waals surface area contributed by atoms with Gasteiger partial charge in [-0.3, -0.25) is 0 Å². The van der Waals surface area contributed by atoms with Crippen molar-refractivity contribution < 1.29 is 0 Å². The van der Waals surface area contributed by atoms with Gasteiger partial charge in [-0.1, -0.05) is 0 Å². The van der Waals surface area contributed by atoms with Crippen molar-refractivity contribution in [2.75, 3.05) is 0 Å². The van der Waals surface area contributed by atoms with Crippen molar-refractivity contribution in [1.82, 2.24) is 11.5 Å². The van der Waals surface area contributed by atoms with Crippen LogP contribution in [0.1, 0.15) is 0 Å². The van der Waals surface area contributed by atoms with Crippen LogP contribution in [0.5, 0.6) is 0 Å². The van der Waals surface area contributed by atoms with Crippen molar-refractivity contribution in [3.05, 3.63) is 24.3 Å². The third-order valence-electron chi connectivity index (χ3n) is 0.850. The van der Waals surface area contributed by atoms with Gasteiger partial charge >= 0.3 is 0 Å². The van der Waals surface area contributed by atoms with E-state index in [-0.39, 0.29) is 11.4 Å². The maximum absolute atomic E-state index is 8.65. The Labute approximate surface area is 48.1 Å². The molecule has 0 amide bonds. The fourth-order valence-corrected chi connectivity index (χ4v) is 0.453. The third-order valence-corrected chi connectivity index (χ3v) is 0.850. The molecule has 0 heterocycles. The highest BCUT2D eigenvalue weighted by Gasteiger charge is 1.85. The molecular weight excluding hydrogens is 100 g/mol. The van der Waals surface area contributed by atoms with Gasteiger partial charge in [0.05, 0.1) is 11.4 Å². The summed E-state index contributed by atoms with van der Waals surface area (Å²) in [6, 6.07) is 5.70. The maximum Gasteiger partial charge on any atom is 0.0858 e. The van der Waals surface area contributed by atoms with Crippen LogP contribution in [-0.4, -0.2) is 0 Å². The van der Waals surface area contributed by atoms with Crippen molar-refractivity contribution in [3.8, 4) is 0 Å². The van der Waals surface area contributed by atoms with Crippen molar-refractivity contribution >= 4 is 11.4 Å². The molecule has 2 nitrogen and oxygen atoms in total. The summed E-state index contributed by atoms with van der Waals surface area (Å²) < 4.78 is 0. The van der Waals surface area contributed by atoms with Gasteiger partial charge in [-0.25, -0.2) is 0 Å². The zero-order valence-corrected chi connectivity index (χ0v) is 4.20. The quantitative estimate of drug-likeness (QED) is 0.473. The second kappa shape index (κ2) is 1.74. The smallest absolute Gasteiger partial charge is 0.0858 e. The zero-order chi connectivity index (χ0) is 5.98. The van der Waals surface area contributed by atoms with Crippen LogP contribution in [0.3, 0.4) is 0 Å². The number of hydrogen-bond acceptors (Lipinski definition) is 0. The Morgan fingerprint density at radius 1 is 0.750 bits per heavy atom. The van der Waals surface area contributed by atoms with Gasteiger partial charge in [-0.2, -0.15) is 11.5 Å². The standard InChI is InChI=1S/C6H4N2/c7-5-1-2-6(8)4-3-5/h1-4H. The van der Waals surface area contributed by atoms with Gasteiger partial charge in [-0.05, 0) is 24.3 Å². The number of nitrogens with zero attached hydrogens (tertiary/aromatic N) is 2. The summed E-state index contributed by atoms with van der Waals surface area (Å²) in [5, 5.41) is 0. The number of rotatable bonds is 0. The van der Waals surface area contributed by atoms with E-state index in [0.29, 0.717) is 0 Å². The van der Waals surface area contributed by atoms with Crippen LogP contribution < -0.4 is 11.5 Å². The lowest BCUT2D eigenvalue weighted by atomic mass is 10.3. The Kier molecular flexibility index (Phi) is 1.08. The largest absolute Gasteiger partial charge is 0.151 e. The Morgan fingerprint density at radius 2 is 1.00 bits per heavy atom. The van der Waals surface area contributed by atoms with Crippen molar-refractivity contribution in [2.45, 2.75) is 0 Å². The van der Waals surface area contributed by atoms with Gasteiger partial charge in [0.15, 0.2) is 0 Å². The third kappa shape index (κ3) is 0.904. The van der Waals surface area contributed by atoms with E-state index in [2.05, 4.69) is 0 Å². The van der Waals surface area contributed by atoms with E-state index >= 15 is 0 Å². The molecule has 0 aliphatic heterocycles. The van der Waals surface area contributed by atoms with Crippen LogP contribution in [0.15, 0.2) is 24.3 Å². The zero-order valence-electron chi connectivity index (χ0n) is 4.20. The molecule has 0 saturated heterocycles. The summed E-state index contributed by atoms with van der Waals surface area (Å²) in [7, 11) is 0. The van der Waals surface area contributed by atoms with E-state index in [1.54, 1.807) is 0 Å². The van der Waals surface area contributed by atoms with Crippen LogP contribution >= 0.6 is 0 Å². The summed E-state index contributed by atoms with van der Waals surface area (Å²) in [4.78, 5) is 0. The first-order valence-corrected chi connectivity index (χ1v) is 2.27. The molecular formula is C6H4N2. The molecule has 0 N–H and O–H groups in total. The fourth-order valence-electron chi connectivity index (χ4n) is 0.453. The lowest BCUT2D eigenvalue weighted by molar-refractivity contribution is 1.43. The SMILES string of the molecule is [N]c1ccc([N])cc1. The van der Waals surface area contributed by atoms with E-state index in [4.69, 9.17) is 11.5 Å². The minimum Gasteiger partial charge on any atom is -0.151 e. The molecule has 4 radical (unpaired) electrons. The fraction of sp³-hybridized carbons (Fsp3) is 0. The molecule has 1 aromatic rings. The molecule has 0 unspecified atom stereocenters. The lowest BCUT2D eigenvalue weighted by Crippen LogP contribution is -1.68. The van der Waals surface area contributed by atoms with Crippen molar-refractivity contribution in [1.29, 1.82) is 0 Å². The highest BCUT2D eigenvalue weighted by Crippen LogP contribution is 2.07. The molecule has 1 rings (SSSR count). The Bertz CT molecular complexity index is 145. The Balaban J connectivity index is 3.03. The van der Waals surface area contributed by atoms with Crippen molar-refractivity contribution in [2.24, 2.45) is 0 Å². The second-order valence-corrected chi connectivity index (χ2v) is 1.52. The van der Waals surface area contributed by atoms with Gasteiger partial charge in [-0.15, -0.1) is 0 Å². The van der Waals surface area contributed by atoms with Gasteiger partial charge in [0, 0.05) is 0 Å². The summed E-state index contributed by atoms with van der Waals surface area (Å²) in [5.74, 6) is 0. The highest BCUT2D eigenvalue weighted by molar-refractivity contribution is 5.43. The number of hydrogen-bond donors (Lipinski definition) is 0. The molecule has 0 saturated carbocycles. The van der Waals surface area contributed by atoms with Crippen LogP contribution in [0.4, 0.5) is 11.4 Å². The molecule has 38 valence electrons. The molecule has 0 aromatic heterocycles. The van der Waals surface area contributed by atoms with Crippen LogP contribution in [0.2, 0.25) is 0 Å². The summed E-state index contributed by atoms with van der Waals surface area (Å²) in [6.45, 7) is 0. The lowest BCUT2D eigenvalue weighted by Gasteiger charge is -1.84. The van der Waals surface area contributed by atoms with Gasteiger partial charge in [0.25, 0.3) is 0 Å². The molecule has 0 fully saturated rings. The van der Waals surface area contributed by atoms with E-state index in [0.717, 1.165) is 0 Å².